The first kappa shape index (κ1) is 11.2. The molecule has 0 fully saturated rings. The van der Waals surface area contributed by atoms with Gasteiger partial charge in [-0.15, -0.1) is 0 Å². The second-order valence-corrected chi connectivity index (χ2v) is 3.68. The summed E-state index contributed by atoms with van der Waals surface area (Å²) in [5, 5.41) is 6.72. The highest BCUT2D eigenvalue weighted by molar-refractivity contribution is 5.83. The number of hydrogen-bond acceptors (Lipinski definition) is 3. The molecule has 2 rings (SSSR count). The van der Waals surface area contributed by atoms with Crippen molar-refractivity contribution in [3.63, 3.8) is 0 Å². The van der Waals surface area contributed by atoms with Crippen molar-refractivity contribution in [2.24, 2.45) is 0 Å². The molecule has 3 N–H and O–H groups in total. The predicted molar refractivity (Wildman–Crippen MR) is 65.3 cm³/mol. The van der Waals surface area contributed by atoms with Gasteiger partial charge in [0.1, 0.15) is 0 Å². The fourth-order valence-corrected chi connectivity index (χ4v) is 1.69. The van der Waals surface area contributed by atoms with Crippen molar-refractivity contribution < 1.29 is 4.79 Å². The highest BCUT2D eigenvalue weighted by Gasteiger charge is 2.21. The van der Waals surface area contributed by atoms with Crippen LogP contribution in [-0.4, -0.2) is 22.7 Å². The molecule has 1 heterocycles. The SMILES string of the molecule is CNC(=O)C(c1ccccc1)n1cc(N)cn1. The van der Waals surface area contributed by atoms with E-state index in [2.05, 4.69) is 10.4 Å². The zero-order chi connectivity index (χ0) is 12.3. The van der Waals surface area contributed by atoms with Gasteiger partial charge in [-0.2, -0.15) is 5.10 Å². The molecule has 2 aromatic rings. The molecule has 1 aromatic carbocycles. The number of benzene rings is 1. The van der Waals surface area contributed by atoms with Crippen LogP contribution in [0.3, 0.4) is 0 Å². The van der Waals surface area contributed by atoms with E-state index in [1.807, 2.05) is 30.3 Å². The van der Waals surface area contributed by atoms with Crippen molar-refractivity contribution >= 4 is 11.6 Å². The second kappa shape index (κ2) is 4.69. The van der Waals surface area contributed by atoms with Crippen LogP contribution in [0.5, 0.6) is 0 Å². The fraction of sp³-hybridized carbons (Fsp3) is 0.167. The van der Waals surface area contributed by atoms with Crippen LogP contribution in [-0.2, 0) is 4.79 Å². The minimum atomic E-state index is -0.488. The zero-order valence-corrected chi connectivity index (χ0v) is 9.50. The smallest absolute Gasteiger partial charge is 0.249 e. The first-order valence-corrected chi connectivity index (χ1v) is 5.28. The molecule has 0 saturated carbocycles. The number of hydrogen-bond donors (Lipinski definition) is 2. The number of aromatic nitrogens is 2. The maximum Gasteiger partial charge on any atom is 0.249 e. The minimum Gasteiger partial charge on any atom is -0.396 e. The van der Waals surface area contributed by atoms with Crippen LogP contribution < -0.4 is 11.1 Å². The Hall–Kier alpha value is -2.30. The van der Waals surface area contributed by atoms with Crippen LogP contribution in [0, 0.1) is 0 Å². The quantitative estimate of drug-likeness (QED) is 0.819. The Morgan fingerprint density at radius 3 is 2.65 bits per heavy atom. The maximum absolute atomic E-state index is 11.9. The number of nitrogens with one attached hydrogen (secondary N) is 1. The summed E-state index contributed by atoms with van der Waals surface area (Å²) in [5.74, 6) is -0.126. The number of carbonyl (C=O) groups excluding carboxylic acids is 1. The number of nitrogen functional groups attached to an aromatic ring is 1. The third-order valence-electron chi connectivity index (χ3n) is 2.50. The van der Waals surface area contributed by atoms with E-state index < -0.39 is 6.04 Å². The van der Waals surface area contributed by atoms with Crippen molar-refractivity contribution in [2.45, 2.75) is 6.04 Å². The van der Waals surface area contributed by atoms with Gasteiger partial charge < -0.3 is 11.1 Å². The Bertz CT molecular complexity index is 506. The summed E-state index contributed by atoms with van der Waals surface area (Å²) in [6, 6.07) is 8.96. The molecule has 1 unspecified atom stereocenters. The van der Waals surface area contributed by atoms with Gasteiger partial charge in [-0.25, -0.2) is 0 Å². The van der Waals surface area contributed by atoms with Crippen molar-refractivity contribution in [3.8, 4) is 0 Å². The van der Waals surface area contributed by atoms with Gasteiger partial charge in [0.25, 0.3) is 0 Å². The molecule has 88 valence electrons. The van der Waals surface area contributed by atoms with Crippen LogP contribution in [0.25, 0.3) is 0 Å². The lowest BCUT2D eigenvalue weighted by atomic mass is 10.1. The number of carbonyl (C=O) groups is 1. The number of amides is 1. The maximum atomic E-state index is 11.9. The molecule has 1 aromatic heterocycles. The number of nitrogens with two attached hydrogens (primary N) is 1. The highest BCUT2D eigenvalue weighted by atomic mass is 16.2. The van der Waals surface area contributed by atoms with Crippen LogP contribution in [0.4, 0.5) is 5.69 Å². The fourth-order valence-electron chi connectivity index (χ4n) is 1.69. The Balaban J connectivity index is 2.42. The molecule has 0 saturated heterocycles. The summed E-state index contributed by atoms with van der Waals surface area (Å²) in [5.41, 5.74) is 7.03. The number of anilines is 1. The van der Waals surface area contributed by atoms with E-state index in [9.17, 15) is 4.79 Å². The van der Waals surface area contributed by atoms with Crippen LogP contribution >= 0.6 is 0 Å². The monoisotopic (exact) mass is 230 g/mol. The first-order valence-electron chi connectivity index (χ1n) is 5.28. The normalized spacial score (nSPS) is 12.1. The van der Waals surface area contributed by atoms with Gasteiger partial charge in [0, 0.05) is 13.2 Å². The van der Waals surface area contributed by atoms with Gasteiger partial charge in [0.2, 0.25) is 5.91 Å². The molecular formula is C12H14N4O. The molecule has 0 aliphatic heterocycles. The third-order valence-corrected chi connectivity index (χ3v) is 2.50. The lowest BCUT2D eigenvalue weighted by Crippen LogP contribution is -2.30. The summed E-state index contributed by atoms with van der Waals surface area (Å²) < 4.78 is 1.56. The molecule has 1 atom stereocenters. The molecule has 0 aliphatic rings. The Morgan fingerprint density at radius 2 is 2.12 bits per heavy atom. The van der Waals surface area contributed by atoms with Crippen molar-refractivity contribution in [1.29, 1.82) is 0 Å². The van der Waals surface area contributed by atoms with Gasteiger partial charge in [0.15, 0.2) is 6.04 Å². The summed E-state index contributed by atoms with van der Waals surface area (Å²) in [4.78, 5) is 11.9. The van der Waals surface area contributed by atoms with E-state index in [0.29, 0.717) is 5.69 Å². The van der Waals surface area contributed by atoms with Gasteiger partial charge in [-0.3, -0.25) is 9.48 Å². The molecule has 1 amide bonds. The van der Waals surface area contributed by atoms with Crippen LogP contribution in [0.2, 0.25) is 0 Å². The topological polar surface area (TPSA) is 72.9 Å². The van der Waals surface area contributed by atoms with Gasteiger partial charge in [-0.1, -0.05) is 30.3 Å². The molecule has 0 radical (unpaired) electrons. The van der Waals surface area contributed by atoms with E-state index in [0.717, 1.165) is 5.56 Å². The molecule has 0 spiro atoms. The van der Waals surface area contributed by atoms with Crippen LogP contribution in [0.1, 0.15) is 11.6 Å². The molecule has 5 heteroatoms. The zero-order valence-electron chi connectivity index (χ0n) is 9.50. The summed E-state index contributed by atoms with van der Waals surface area (Å²) >= 11 is 0. The van der Waals surface area contributed by atoms with E-state index >= 15 is 0 Å². The molecule has 5 nitrogen and oxygen atoms in total. The molecule has 17 heavy (non-hydrogen) atoms. The summed E-state index contributed by atoms with van der Waals surface area (Å²) in [6.45, 7) is 0. The number of rotatable bonds is 3. The number of nitrogens with zero attached hydrogens (tertiary/aromatic N) is 2. The van der Waals surface area contributed by atoms with Crippen molar-refractivity contribution in [1.82, 2.24) is 15.1 Å². The Kier molecular flexibility index (Phi) is 3.09. The largest absolute Gasteiger partial charge is 0.396 e. The van der Waals surface area contributed by atoms with E-state index in [-0.39, 0.29) is 5.91 Å². The van der Waals surface area contributed by atoms with Gasteiger partial charge in [0.05, 0.1) is 11.9 Å². The molecular weight excluding hydrogens is 216 g/mol. The average molecular weight is 230 g/mol. The van der Waals surface area contributed by atoms with Crippen molar-refractivity contribution in [2.75, 3.05) is 12.8 Å². The lowest BCUT2D eigenvalue weighted by molar-refractivity contribution is -0.122. The van der Waals surface area contributed by atoms with Crippen molar-refractivity contribution in [3.05, 3.63) is 48.3 Å². The lowest BCUT2D eigenvalue weighted by Gasteiger charge is -2.16. The molecule has 0 aliphatic carbocycles. The van der Waals surface area contributed by atoms with Crippen LogP contribution in [0.15, 0.2) is 42.7 Å². The minimum absolute atomic E-state index is 0.126. The Labute approximate surface area is 99.2 Å². The van der Waals surface area contributed by atoms with Gasteiger partial charge >= 0.3 is 0 Å². The van der Waals surface area contributed by atoms with E-state index in [4.69, 9.17) is 5.73 Å². The standard InChI is InChI=1S/C12H14N4O/c1-14-12(17)11(9-5-3-2-4-6-9)16-8-10(13)7-15-16/h2-8,11H,13H2,1H3,(H,14,17). The Morgan fingerprint density at radius 1 is 1.41 bits per heavy atom. The summed E-state index contributed by atoms with van der Waals surface area (Å²) in [6.07, 6.45) is 3.17. The second-order valence-electron chi connectivity index (χ2n) is 3.68. The van der Waals surface area contributed by atoms with E-state index in [1.165, 1.54) is 6.20 Å². The third kappa shape index (κ3) is 2.28. The predicted octanol–water partition coefficient (Wildman–Crippen LogP) is 0.801. The van der Waals surface area contributed by atoms with Gasteiger partial charge in [-0.05, 0) is 5.56 Å². The highest BCUT2D eigenvalue weighted by Crippen LogP contribution is 2.18. The first-order chi connectivity index (χ1) is 8.22. The number of likely N-dealkylation sites (N-methyl/N-ethyl adjacent to an activating group) is 1. The molecule has 0 bridgehead atoms. The average Bonchev–Trinajstić information content (AvgIpc) is 2.77. The van der Waals surface area contributed by atoms with E-state index in [1.54, 1.807) is 17.9 Å². The summed E-state index contributed by atoms with van der Waals surface area (Å²) in [7, 11) is 1.60.